The summed E-state index contributed by atoms with van der Waals surface area (Å²) >= 11 is 0. The monoisotopic (exact) mass is 215 g/mol. The van der Waals surface area contributed by atoms with E-state index in [2.05, 4.69) is 50.1 Å². The highest BCUT2D eigenvalue weighted by molar-refractivity contribution is 5.61. The molecule has 0 amide bonds. The molecule has 0 N–H and O–H groups in total. The molecule has 0 saturated heterocycles. The number of hydrogen-bond donors (Lipinski definition) is 0. The maximum Gasteiger partial charge on any atom is 0.0431 e. The van der Waals surface area contributed by atoms with Gasteiger partial charge in [0, 0.05) is 19.3 Å². The van der Waals surface area contributed by atoms with Gasteiger partial charge in [0.15, 0.2) is 0 Å². The number of anilines is 1. The second-order valence-corrected chi connectivity index (χ2v) is 4.94. The van der Waals surface area contributed by atoms with Crippen LogP contribution in [0.4, 0.5) is 5.69 Å². The standard InChI is InChI=1S/C15H21N/c1-12(2)9-10-14-7-4-6-13-8-5-11-16(3)15(13)14/h4,6-7,9H,5,8,10-11H2,1-3H3. The largest absolute Gasteiger partial charge is 0.374 e. The number of allylic oxidation sites excluding steroid dienone is 2. The predicted molar refractivity (Wildman–Crippen MR) is 71.2 cm³/mol. The molecule has 0 saturated carbocycles. The Bertz CT molecular complexity index is 400. The maximum atomic E-state index is 2.41. The lowest BCUT2D eigenvalue weighted by molar-refractivity contribution is 0.740. The summed E-state index contributed by atoms with van der Waals surface area (Å²) in [7, 11) is 2.21. The first-order valence-corrected chi connectivity index (χ1v) is 6.14. The quantitative estimate of drug-likeness (QED) is 0.682. The van der Waals surface area contributed by atoms with Gasteiger partial charge in [-0.1, -0.05) is 29.8 Å². The number of nitrogens with zero attached hydrogens (tertiary/aromatic N) is 1. The normalized spacial score (nSPS) is 14.6. The topological polar surface area (TPSA) is 3.24 Å². The first-order valence-electron chi connectivity index (χ1n) is 6.14. The molecule has 1 aliphatic rings. The zero-order valence-electron chi connectivity index (χ0n) is 10.6. The fraction of sp³-hybridized carbons (Fsp3) is 0.467. The van der Waals surface area contributed by atoms with Crippen molar-refractivity contribution >= 4 is 5.69 Å². The van der Waals surface area contributed by atoms with Gasteiger partial charge < -0.3 is 4.90 Å². The molecule has 1 heterocycles. The van der Waals surface area contributed by atoms with Crippen LogP contribution in [-0.4, -0.2) is 13.6 Å². The Hall–Kier alpha value is -1.24. The van der Waals surface area contributed by atoms with Gasteiger partial charge in [0.05, 0.1) is 0 Å². The van der Waals surface area contributed by atoms with Gasteiger partial charge >= 0.3 is 0 Å². The molecule has 0 unspecified atom stereocenters. The molecule has 86 valence electrons. The van der Waals surface area contributed by atoms with Crippen molar-refractivity contribution in [3.8, 4) is 0 Å². The summed E-state index contributed by atoms with van der Waals surface area (Å²) in [4.78, 5) is 2.41. The molecule has 1 aromatic carbocycles. The number of aryl methyl sites for hydroxylation is 1. The van der Waals surface area contributed by atoms with Gasteiger partial charge in [-0.3, -0.25) is 0 Å². The van der Waals surface area contributed by atoms with Crippen molar-refractivity contribution in [2.45, 2.75) is 33.1 Å². The summed E-state index contributed by atoms with van der Waals surface area (Å²) in [6.45, 7) is 5.52. The van der Waals surface area contributed by atoms with Crippen LogP contribution in [0.2, 0.25) is 0 Å². The van der Waals surface area contributed by atoms with Crippen LogP contribution in [0.1, 0.15) is 31.4 Å². The SMILES string of the molecule is CC(C)=CCc1cccc2c1N(C)CCC2. The fourth-order valence-corrected chi connectivity index (χ4v) is 2.43. The third-order valence-electron chi connectivity index (χ3n) is 3.25. The summed E-state index contributed by atoms with van der Waals surface area (Å²) in [5, 5.41) is 0. The van der Waals surface area contributed by atoms with Crippen molar-refractivity contribution in [3.05, 3.63) is 41.0 Å². The van der Waals surface area contributed by atoms with Crippen LogP contribution >= 0.6 is 0 Å². The summed E-state index contributed by atoms with van der Waals surface area (Å²) < 4.78 is 0. The zero-order valence-corrected chi connectivity index (χ0v) is 10.6. The van der Waals surface area contributed by atoms with Crippen LogP contribution in [0, 0.1) is 0 Å². The lowest BCUT2D eigenvalue weighted by Gasteiger charge is -2.29. The van der Waals surface area contributed by atoms with E-state index in [1.54, 1.807) is 0 Å². The Kier molecular flexibility index (Phi) is 3.33. The van der Waals surface area contributed by atoms with Crippen molar-refractivity contribution in [3.63, 3.8) is 0 Å². The van der Waals surface area contributed by atoms with Crippen molar-refractivity contribution in [1.82, 2.24) is 0 Å². The molecule has 0 fully saturated rings. The lowest BCUT2D eigenvalue weighted by Crippen LogP contribution is -2.25. The van der Waals surface area contributed by atoms with Crippen molar-refractivity contribution in [2.75, 3.05) is 18.5 Å². The van der Waals surface area contributed by atoms with Gasteiger partial charge in [-0.05, 0) is 44.2 Å². The van der Waals surface area contributed by atoms with Crippen LogP contribution in [-0.2, 0) is 12.8 Å². The van der Waals surface area contributed by atoms with Crippen LogP contribution < -0.4 is 4.90 Å². The van der Waals surface area contributed by atoms with Crippen molar-refractivity contribution < 1.29 is 0 Å². The second-order valence-electron chi connectivity index (χ2n) is 4.94. The van der Waals surface area contributed by atoms with Gasteiger partial charge in [0.25, 0.3) is 0 Å². The molecule has 1 aromatic rings. The van der Waals surface area contributed by atoms with E-state index in [0.717, 1.165) is 6.42 Å². The third-order valence-corrected chi connectivity index (χ3v) is 3.25. The molecule has 2 rings (SSSR count). The third kappa shape index (κ3) is 2.29. The fourth-order valence-electron chi connectivity index (χ4n) is 2.43. The molecule has 16 heavy (non-hydrogen) atoms. The highest BCUT2D eigenvalue weighted by atomic mass is 15.1. The van der Waals surface area contributed by atoms with Gasteiger partial charge in [-0.15, -0.1) is 0 Å². The molecule has 1 aliphatic heterocycles. The Morgan fingerprint density at radius 1 is 1.38 bits per heavy atom. The van der Waals surface area contributed by atoms with Crippen molar-refractivity contribution in [2.24, 2.45) is 0 Å². The number of benzene rings is 1. The van der Waals surface area contributed by atoms with Gasteiger partial charge in [0.2, 0.25) is 0 Å². The van der Waals surface area contributed by atoms with Crippen molar-refractivity contribution in [1.29, 1.82) is 0 Å². The minimum Gasteiger partial charge on any atom is -0.374 e. The summed E-state index contributed by atoms with van der Waals surface area (Å²) in [5.74, 6) is 0. The van der Waals surface area contributed by atoms with E-state index in [9.17, 15) is 0 Å². The summed E-state index contributed by atoms with van der Waals surface area (Å²) in [6.07, 6.45) is 5.91. The minimum atomic E-state index is 1.07. The second kappa shape index (κ2) is 4.73. The van der Waals surface area contributed by atoms with Crippen LogP contribution in [0.15, 0.2) is 29.8 Å². The first kappa shape index (κ1) is 11.3. The predicted octanol–water partition coefficient (Wildman–Crippen LogP) is 3.58. The molecular weight excluding hydrogens is 194 g/mol. The molecular formula is C15H21N. The van der Waals surface area contributed by atoms with Gasteiger partial charge in [-0.25, -0.2) is 0 Å². The maximum absolute atomic E-state index is 2.41. The van der Waals surface area contributed by atoms with Crippen LogP contribution in [0.3, 0.4) is 0 Å². The molecule has 0 aliphatic carbocycles. The molecule has 0 atom stereocenters. The van der Waals surface area contributed by atoms with Gasteiger partial charge in [-0.2, -0.15) is 0 Å². The van der Waals surface area contributed by atoms with E-state index in [1.807, 2.05) is 0 Å². The molecule has 1 nitrogen and oxygen atoms in total. The number of para-hydroxylation sites is 1. The number of hydrogen-bond acceptors (Lipinski definition) is 1. The highest BCUT2D eigenvalue weighted by Gasteiger charge is 2.15. The zero-order chi connectivity index (χ0) is 11.5. The summed E-state index contributed by atoms with van der Waals surface area (Å²) in [6, 6.07) is 6.74. The highest BCUT2D eigenvalue weighted by Crippen LogP contribution is 2.30. The molecule has 0 radical (unpaired) electrons. The molecule has 0 spiro atoms. The minimum absolute atomic E-state index is 1.07. The Morgan fingerprint density at radius 3 is 2.94 bits per heavy atom. The average molecular weight is 215 g/mol. The summed E-state index contributed by atoms with van der Waals surface area (Å²) in [5.41, 5.74) is 5.87. The smallest absolute Gasteiger partial charge is 0.0431 e. The van der Waals surface area contributed by atoms with E-state index in [0.29, 0.717) is 0 Å². The van der Waals surface area contributed by atoms with Gasteiger partial charge in [0.1, 0.15) is 0 Å². The number of fused-ring (bicyclic) bond motifs is 1. The Balaban J connectivity index is 2.34. The van der Waals surface area contributed by atoms with E-state index in [-0.39, 0.29) is 0 Å². The lowest BCUT2D eigenvalue weighted by atomic mass is 9.96. The average Bonchev–Trinajstić information content (AvgIpc) is 2.26. The molecule has 0 bridgehead atoms. The van der Waals surface area contributed by atoms with Crippen LogP contribution in [0.5, 0.6) is 0 Å². The van der Waals surface area contributed by atoms with E-state index in [1.165, 1.54) is 41.8 Å². The van der Waals surface area contributed by atoms with E-state index < -0.39 is 0 Å². The number of rotatable bonds is 2. The van der Waals surface area contributed by atoms with Crippen LogP contribution in [0.25, 0.3) is 0 Å². The molecule has 0 aromatic heterocycles. The van der Waals surface area contributed by atoms with E-state index >= 15 is 0 Å². The first-order chi connectivity index (χ1) is 7.68. The Labute approximate surface area is 98.8 Å². The molecule has 1 heteroatoms. The Morgan fingerprint density at radius 2 is 2.19 bits per heavy atom. The van der Waals surface area contributed by atoms with E-state index in [4.69, 9.17) is 0 Å².